The highest BCUT2D eigenvalue weighted by Gasteiger charge is 2.27. The highest BCUT2D eigenvalue weighted by molar-refractivity contribution is 5.78. The van der Waals surface area contributed by atoms with Crippen molar-refractivity contribution in [2.75, 3.05) is 0 Å². The Bertz CT molecular complexity index is 1080. The molecular weight excluding hydrogens is 404 g/mol. The third-order valence-electron chi connectivity index (χ3n) is 5.60. The van der Waals surface area contributed by atoms with Gasteiger partial charge in [-0.15, -0.1) is 0 Å². The first-order valence-corrected chi connectivity index (χ1v) is 10.9. The van der Waals surface area contributed by atoms with Gasteiger partial charge >= 0.3 is 0 Å². The zero-order valence-corrected chi connectivity index (χ0v) is 18.6. The summed E-state index contributed by atoms with van der Waals surface area (Å²) in [6.45, 7) is 5.05. The molecule has 0 spiro atoms. The van der Waals surface area contributed by atoms with Crippen molar-refractivity contribution in [3.05, 3.63) is 88.1 Å². The molecule has 3 aromatic rings. The van der Waals surface area contributed by atoms with Gasteiger partial charge in [0.1, 0.15) is 5.69 Å². The molecule has 7 heteroatoms. The number of nitrogens with one attached hydrogen (secondary N) is 1. The highest BCUT2D eigenvalue weighted by Crippen LogP contribution is 2.31. The molecule has 0 radical (unpaired) electrons. The zero-order valence-electron chi connectivity index (χ0n) is 18.6. The van der Waals surface area contributed by atoms with Crippen molar-refractivity contribution < 1.29 is 9.90 Å². The summed E-state index contributed by atoms with van der Waals surface area (Å²) in [4.78, 5) is 29.0. The number of amides is 1. The Morgan fingerprint density at radius 3 is 2.59 bits per heavy atom. The molecule has 32 heavy (non-hydrogen) atoms. The van der Waals surface area contributed by atoms with Crippen molar-refractivity contribution in [1.82, 2.24) is 20.1 Å². The number of aromatic hydroxyl groups is 1. The van der Waals surface area contributed by atoms with Crippen LogP contribution in [-0.4, -0.2) is 25.8 Å². The third-order valence-corrected chi connectivity index (χ3v) is 5.60. The molecule has 0 saturated heterocycles. The van der Waals surface area contributed by atoms with Crippen LogP contribution in [0.3, 0.4) is 0 Å². The van der Waals surface area contributed by atoms with Crippen molar-refractivity contribution in [1.29, 1.82) is 0 Å². The van der Waals surface area contributed by atoms with Crippen molar-refractivity contribution in [3.8, 4) is 5.75 Å². The maximum absolute atomic E-state index is 12.4. The van der Waals surface area contributed by atoms with E-state index in [0.29, 0.717) is 6.54 Å². The number of hydrogen-bond acceptors (Lipinski definition) is 5. The van der Waals surface area contributed by atoms with Crippen LogP contribution in [0.4, 0.5) is 0 Å². The van der Waals surface area contributed by atoms with Gasteiger partial charge in [0.25, 0.3) is 0 Å². The fourth-order valence-electron chi connectivity index (χ4n) is 3.76. The molecule has 1 atom stereocenters. The molecule has 7 nitrogen and oxygen atoms in total. The Balaban J connectivity index is 1.79. The van der Waals surface area contributed by atoms with Crippen LogP contribution < -0.4 is 10.7 Å². The lowest BCUT2D eigenvalue weighted by molar-refractivity contribution is -0.120. The van der Waals surface area contributed by atoms with E-state index in [1.807, 2.05) is 24.3 Å². The predicted molar refractivity (Wildman–Crippen MR) is 123 cm³/mol. The van der Waals surface area contributed by atoms with Gasteiger partial charge in [0.2, 0.25) is 11.3 Å². The van der Waals surface area contributed by atoms with Crippen LogP contribution >= 0.6 is 0 Å². The molecule has 0 saturated carbocycles. The van der Waals surface area contributed by atoms with Crippen LogP contribution in [0.2, 0.25) is 0 Å². The van der Waals surface area contributed by atoms with E-state index in [1.54, 1.807) is 23.0 Å². The Morgan fingerprint density at radius 1 is 1.16 bits per heavy atom. The van der Waals surface area contributed by atoms with E-state index in [0.717, 1.165) is 25.0 Å². The van der Waals surface area contributed by atoms with Gasteiger partial charge in [0, 0.05) is 11.6 Å². The number of hydrogen-bond donors (Lipinski definition) is 2. The van der Waals surface area contributed by atoms with E-state index < -0.39 is 11.2 Å². The van der Waals surface area contributed by atoms with Gasteiger partial charge in [-0.3, -0.25) is 19.3 Å². The number of unbranched alkanes of at least 4 members (excludes halogenated alkanes) is 1. The molecule has 0 bridgehead atoms. The van der Waals surface area contributed by atoms with Crippen LogP contribution in [-0.2, 0) is 29.7 Å². The standard InChI is InChI=1S/C25H30N4O3/c1-3-4-13-25(2,19-10-6-5-7-11-19)18-29-17-22(30)24(32)21(28-29)15-23(31)27-16-20-12-8-9-14-26-20/h5-12,14,17,30H,3-4,13,15-16,18H2,1-2H3,(H,27,31). The van der Waals surface area contributed by atoms with Gasteiger partial charge in [-0.1, -0.05) is 63.1 Å². The highest BCUT2D eigenvalue weighted by atomic mass is 16.3. The smallest absolute Gasteiger partial charge is 0.245 e. The SMILES string of the molecule is CCCCC(C)(Cn1cc(O)c(=O)c(CC(=O)NCc2ccccn2)n1)c1ccccc1. The first-order valence-electron chi connectivity index (χ1n) is 10.9. The summed E-state index contributed by atoms with van der Waals surface area (Å²) < 4.78 is 1.58. The summed E-state index contributed by atoms with van der Waals surface area (Å²) in [5, 5.41) is 17.4. The fraction of sp³-hybridized carbons (Fsp3) is 0.360. The first-order chi connectivity index (χ1) is 15.4. The number of pyridine rings is 1. The van der Waals surface area contributed by atoms with E-state index in [9.17, 15) is 14.7 Å². The zero-order chi connectivity index (χ0) is 23.0. The lowest BCUT2D eigenvalue weighted by Gasteiger charge is -2.31. The normalized spacial score (nSPS) is 12.8. The molecule has 1 amide bonds. The molecule has 168 valence electrons. The largest absolute Gasteiger partial charge is 0.503 e. The summed E-state index contributed by atoms with van der Waals surface area (Å²) >= 11 is 0. The summed E-state index contributed by atoms with van der Waals surface area (Å²) in [6.07, 6.45) is 5.83. The minimum Gasteiger partial charge on any atom is -0.503 e. The first kappa shape index (κ1) is 23.2. The number of carbonyl (C=O) groups excluding carboxylic acids is 1. The monoisotopic (exact) mass is 434 g/mol. The molecule has 0 aliphatic carbocycles. The van der Waals surface area contributed by atoms with E-state index in [1.165, 1.54) is 11.8 Å². The maximum atomic E-state index is 12.4. The maximum Gasteiger partial charge on any atom is 0.245 e. The average Bonchev–Trinajstić information content (AvgIpc) is 2.81. The van der Waals surface area contributed by atoms with Crippen LogP contribution in [0.5, 0.6) is 5.75 Å². The lowest BCUT2D eigenvalue weighted by Crippen LogP contribution is -2.32. The van der Waals surface area contributed by atoms with Crippen LogP contribution in [0.25, 0.3) is 0 Å². The van der Waals surface area contributed by atoms with Crippen LogP contribution in [0, 0.1) is 0 Å². The van der Waals surface area contributed by atoms with Crippen molar-refractivity contribution in [3.63, 3.8) is 0 Å². The lowest BCUT2D eigenvalue weighted by atomic mass is 9.78. The van der Waals surface area contributed by atoms with E-state index >= 15 is 0 Å². The van der Waals surface area contributed by atoms with Gasteiger partial charge in [-0.05, 0) is 24.1 Å². The van der Waals surface area contributed by atoms with Crippen LogP contribution in [0.1, 0.15) is 50.1 Å². The van der Waals surface area contributed by atoms with Crippen molar-refractivity contribution in [2.24, 2.45) is 0 Å². The topological polar surface area (TPSA) is 97.1 Å². The fourth-order valence-corrected chi connectivity index (χ4v) is 3.76. The minimum absolute atomic E-state index is 0.0226. The Hall–Kier alpha value is -3.48. The van der Waals surface area contributed by atoms with E-state index in [4.69, 9.17) is 0 Å². The molecule has 3 rings (SSSR count). The molecule has 0 aliphatic heterocycles. The van der Waals surface area contributed by atoms with Gasteiger partial charge in [-0.2, -0.15) is 5.10 Å². The summed E-state index contributed by atoms with van der Waals surface area (Å²) in [7, 11) is 0. The predicted octanol–water partition coefficient (Wildman–Crippen LogP) is 3.35. The van der Waals surface area contributed by atoms with Gasteiger partial charge < -0.3 is 10.4 Å². The Kier molecular flexibility index (Phi) is 7.76. The molecular formula is C25H30N4O3. The van der Waals surface area contributed by atoms with Crippen molar-refractivity contribution >= 4 is 5.91 Å². The van der Waals surface area contributed by atoms with Gasteiger partial charge in [0.15, 0.2) is 5.75 Å². The molecule has 1 unspecified atom stereocenters. The molecule has 1 aromatic carbocycles. The number of rotatable bonds is 10. The van der Waals surface area contributed by atoms with Crippen molar-refractivity contribution in [2.45, 2.75) is 58.0 Å². The van der Waals surface area contributed by atoms with Gasteiger partial charge in [0.05, 0.1) is 31.4 Å². The third kappa shape index (κ3) is 6.03. The molecule has 0 aliphatic rings. The van der Waals surface area contributed by atoms with E-state index in [2.05, 4.69) is 41.4 Å². The van der Waals surface area contributed by atoms with Crippen LogP contribution in [0.15, 0.2) is 65.7 Å². The number of nitrogens with zero attached hydrogens (tertiary/aromatic N) is 3. The Labute approximate surface area is 188 Å². The summed E-state index contributed by atoms with van der Waals surface area (Å²) in [6, 6.07) is 15.6. The average molecular weight is 435 g/mol. The summed E-state index contributed by atoms with van der Waals surface area (Å²) in [5.74, 6) is -0.757. The number of benzene rings is 1. The molecule has 2 heterocycles. The minimum atomic E-state index is -0.621. The number of aromatic nitrogens is 3. The van der Waals surface area contributed by atoms with E-state index in [-0.39, 0.29) is 30.0 Å². The second-order valence-corrected chi connectivity index (χ2v) is 8.29. The second kappa shape index (κ2) is 10.7. The van der Waals surface area contributed by atoms with Gasteiger partial charge in [-0.25, -0.2) is 0 Å². The second-order valence-electron chi connectivity index (χ2n) is 8.29. The molecule has 2 aromatic heterocycles. The number of carbonyl (C=O) groups is 1. The Morgan fingerprint density at radius 2 is 1.91 bits per heavy atom. The molecule has 0 fully saturated rings. The molecule has 2 N–H and O–H groups in total. The quantitative estimate of drug-likeness (QED) is 0.510. The summed E-state index contributed by atoms with van der Waals surface area (Å²) in [5.41, 5.74) is 1.06.